The summed E-state index contributed by atoms with van der Waals surface area (Å²) in [6, 6.07) is 5.10. The van der Waals surface area contributed by atoms with Crippen molar-refractivity contribution in [2.45, 2.75) is 32.7 Å². The maximum absolute atomic E-state index is 13.1. The van der Waals surface area contributed by atoms with Crippen molar-refractivity contribution in [3.8, 4) is 11.5 Å². The highest BCUT2D eigenvalue weighted by Crippen LogP contribution is 2.34. The summed E-state index contributed by atoms with van der Waals surface area (Å²) in [5.74, 6) is 0.770. The lowest BCUT2D eigenvalue weighted by Gasteiger charge is -2.31. The minimum atomic E-state index is -0.367. The Balaban J connectivity index is 1.28. The molecule has 11 nitrogen and oxygen atoms in total. The number of benzene rings is 1. The molecule has 1 fully saturated rings. The van der Waals surface area contributed by atoms with Crippen molar-refractivity contribution in [3.05, 3.63) is 34.9 Å². The molecule has 35 heavy (non-hydrogen) atoms. The second kappa shape index (κ2) is 9.90. The van der Waals surface area contributed by atoms with Gasteiger partial charge in [0.05, 0.1) is 5.92 Å². The number of hydrogen-bond acceptors (Lipinski definition) is 9. The van der Waals surface area contributed by atoms with Gasteiger partial charge in [-0.2, -0.15) is 4.98 Å². The van der Waals surface area contributed by atoms with Gasteiger partial charge in [0.2, 0.25) is 18.6 Å². The number of nitrogens with one attached hydrogen (secondary N) is 2. The summed E-state index contributed by atoms with van der Waals surface area (Å²) >= 11 is 1.25. The van der Waals surface area contributed by atoms with Crippen LogP contribution >= 0.6 is 11.3 Å². The molecule has 4 heterocycles. The monoisotopic (exact) mass is 498 g/mol. The van der Waals surface area contributed by atoms with Crippen LogP contribution in [-0.4, -0.2) is 52.8 Å². The molecule has 2 aliphatic rings. The standard InChI is InChI=1S/C23H26N6O5S/c1-2-7-24-21(31)14-4-3-8-28(10-14)23-27-20-19(35-23)22(32)29(12-25-20)11-18(30)26-15-5-6-16-17(9-15)34-13-33-16/h5-6,9,12,14H,2-4,7-8,10-11,13H2,1H3,(H,24,31)(H,26,30)/t14-/m1/s1. The van der Waals surface area contributed by atoms with E-state index in [2.05, 4.69) is 20.6 Å². The zero-order chi connectivity index (χ0) is 24.4. The largest absolute Gasteiger partial charge is 0.454 e. The van der Waals surface area contributed by atoms with Crippen LogP contribution in [0.1, 0.15) is 26.2 Å². The van der Waals surface area contributed by atoms with Gasteiger partial charge in [-0.05, 0) is 31.4 Å². The zero-order valence-corrected chi connectivity index (χ0v) is 20.1. The van der Waals surface area contributed by atoms with E-state index in [1.807, 2.05) is 11.8 Å². The smallest absolute Gasteiger partial charge is 0.273 e. The fourth-order valence-electron chi connectivity index (χ4n) is 4.17. The Morgan fingerprint density at radius 1 is 1.26 bits per heavy atom. The van der Waals surface area contributed by atoms with Crippen LogP contribution in [0.25, 0.3) is 10.3 Å². The number of thiazole rings is 1. The number of nitrogens with zero attached hydrogens (tertiary/aromatic N) is 4. The minimum absolute atomic E-state index is 0.0617. The van der Waals surface area contributed by atoms with Crippen molar-refractivity contribution >= 4 is 44.3 Å². The molecule has 2 aliphatic heterocycles. The summed E-state index contributed by atoms with van der Waals surface area (Å²) in [5.41, 5.74) is 0.567. The molecule has 0 saturated carbocycles. The van der Waals surface area contributed by atoms with Crippen molar-refractivity contribution in [2.24, 2.45) is 5.92 Å². The fourth-order valence-corrected chi connectivity index (χ4v) is 5.17. The first-order chi connectivity index (χ1) is 17.0. The lowest BCUT2D eigenvalue weighted by molar-refractivity contribution is -0.125. The Morgan fingerprint density at radius 3 is 2.97 bits per heavy atom. The Morgan fingerprint density at radius 2 is 2.11 bits per heavy atom. The normalized spacial score (nSPS) is 16.9. The van der Waals surface area contributed by atoms with Gasteiger partial charge in [-0.25, -0.2) is 4.98 Å². The first kappa shape index (κ1) is 23.1. The summed E-state index contributed by atoms with van der Waals surface area (Å²) in [4.78, 5) is 48.9. The number of anilines is 2. The predicted octanol–water partition coefficient (Wildman–Crippen LogP) is 1.96. The number of rotatable bonds is 7. The lowest BCUT2D eigenvalue weighted by Crippen LogP contribution is -2.43. The van der Waals surface area contributed by atoms with Crippen LogP contribution in [0.4, 0.5) is 10.8 Å². The molecule has 5 rings (SSSR count). The van der Waals surface area contributed by atoms with E-state index < -0.39 is 0 Å². The van der Waals surface area contributed by atoms with Crippen LogP contribution in [0.5, 0.6) is 11.5 Å². The molecule has 0 radical (unpaired) electrons. The summed E-state index contributed by atoms with van der Waals surface area (Å²) in [6.45, 7) is 3.98. The Labute approximate surface area is 205 Å². The van der Waals surface area contributed by atoms with Crippen molar-refractivity contribution in [1.29, 1.82) is 0 Å². The average molecular weight is 499 g/mol. The maximum Gasteiger partial charge on any atom is 0.273 e. The molecular weight excluding hydrogens is 472 g/mol. The fraction of sp³-hybridized carbons (Fsp3) is 0.435. The number of carbonyl (C=O) groups excluding carboxylic acids is 2. The molecule has 3 aromatic rings. The van der Waals surface area contributed by atoms with Crippen LogP contribution in [0.2, 0.25) is 0 Å². The number of piperidine rings is 1. The quantitative estimate of drug-likeness (QED) is 0.506. The highest BCUT2D eigenvalue weighted by atomic mass is 32.1. The van der Waals surface area contributed by atoms with Crippen molar-refractivity contribution < 1.29 is 19.1 Å². The molecular formula is C23H26N6O5S. The van der Waals surface area contributed by atoms with Crippen molar-refractivity contribution in [3.63, 3.8) is 0 Å². The van der Waals surface area contributed by atoms with Gasteiger partial charge in [-0.15, -0.1) is 0 Å². The third-order valence-corrected chi connectivity index (χ3v) is 7.05. The Hall–Kier alpha value is -3.67. The lowest BCUT2D eigenvalue weighted by atomic mass is 9.97. The van der Waals surface area contributed by atoms with E-state index in [0.717, 1.165) is 25.8 Å². The SMILES string of the molecule is CCCNC(=O)[C@@H]1CCCN(c2nc3ncn(CC(=O)Nc4ccc5c(c4)OCO5)c(=O)c3s2)C1. The first-order valence-electron chi connectivity index (χ1n) is 11.6. The molecule has 184 valence electrons. The molecule has 2 N–H and O–H groups in total. The van der Waals surface area contributed by atoms with Crippen LogP contribution < -0.4 is 30.6 Å². The van der Waals surface area contributed by atoms with Gasteiger partial charge < -0.3 is 25.0 Å². The molecule has 2 aromatic heterocycles. The van der Waals surface area contributed by atoms with Crippen molar-refractivity contribution in [1.82, 2.24) is 19.9 Å². The summed E-state index contributed by atoms with van der Waals surface area (Å²) in [7, 11) is 0. The summed E-state index contributed by atoms with van der Waals surface area (Å²) in [5, 5.41) is 6.39. The average Bonchev–Trinajstić information content (AvgIpc) is 3.51. The molecule has 1 atom stereocenters. The molecule has 12 heteroatoms. The van der Waals surface area contributed by atoms with E-state index >= 15 is 0 Å². The third kappa shape index (κ3) is 4.92. The highest BCUT2D eigenvalue weighted by Gasteiger charge is 2.28. The van der Waals surface area contributed by atoms with Crippen LogP contribution in [0, 0.1) is 5.92 Å². The number of carbonyl (C=O) groups is 2. The van der Waals surface area contributed by atoms with Crippen molar-refractivity contribution in [2.75, 3.05) is 36.6 Å². The van der Waals surface area contributed by atoms with Crippen LogP contribution in [0.15, 0.2) is 29.3 Å². The van der Waals surface area contributed by atoms with E-state index in [-0.39, 0.29) is 36.6 Å². The van der Waals surface area contributed by atoms with E-state index in [1.54, 1.807) is 18.2 Å². The van der Waals surface area contributed by atoms with Gasteiger partial charge in [0, 0.05) is 31.4 Å². The second-order valence-corrected chi connectivity index (χ2v) is 9.50. The minimum Gasteiger partial charge on any atom is -0.454 e. The van der Waals surface area contributed by atoms with E-state index in [0.29, 0.717) is 45.8 Å². The van der Waals surface area contributed by atoms with Crippen LogP contribution in [0.3, 0.4) is 0 Å². The molecule has 0 spiro atoms. The Kier molecular flexibility index (Phi) is 6.53. The number of aromatic nitrogens is 3. The van der Waals surface area contributed by atoms with E-state index in [9.17, 15) is 14.4 Å². The van der Waals surface area contributed by atoms with Gasteiger partial charge in [0.1, 0.15) is 17.6 Å². The van der Waals surface area contributed by atoms with Gasteiger partial charge >= 0.3 is 0 Å². The predicted molar refractivity (Wildman–Crippen MR) is 131 cm³/mol. The summed E-state index contributed by atoms with van der Waals surface area (Å²) in [6.07, 6.45) is 3.94. The molecule has 0 unspecified atom stereocenters. The van der Waals surface area contributed by atoms with Crippen LogP contribution in [-0.2, 0) is 16.1 Å². The molecule has 0 bridgehead atoms. The second-order valence-electron chi connectivity index (χ2n) is 8.52. The van der Waals surface area contributed by atoms with Gasteiger partial charge in [0.25, 0.3) is 5.56 Å². The summed E-state index contributed by atoms with van der Waals surface area (Å²) < 4.78 is 12.3. The van der Waals surface area contributed by atoms with E-state index in [4.69, 9.17) is 9.47 Å². The molecule has 2 amide bonds. The molecule has 0 aliphatic carbocycles. The van der Waals surface area contributed by atoms with Gasteiger partial charge in [0.15, 0.2) is 22.3 Å². The zero-order valence-electron chi connectivity index (χ0n) is 19.3. The number of ether oxygens (including phenoxy) is 2. The first-order valence-corrected chi connectivity index (χ1v) is 12.4. The van der Waals surface area contributed by atoms with E-state index in [1.165, 1.54) is 22.2 Å². The molecule has 1 aromatic carbocycles. The van der Waals surface area contributed by atoms with Gasteiger partial charge in [-0.1, -0.05) is 18.3 Å². The maximum atomic E-state index is 13.1. The molecule has 1 saturated heterocycles. The number of fused-ring (bicyclic) bond motifs is 2. The number of hydrogen-bond donors (Lipinski definition) is 2. The Bertz CT molecular complexity index is 1320. The highest BCUT2D eigenvalue weighted by molar-refractivity contribution is 7.22. The topological polar surface area (TPSA) is 128 Å². The third-order valence-electron chi connectivity index (χ3n) is 5.95. The van der Waals surface area contributed by atoms with Gasteiger partial charge in [-0.3, -0.25) is 19.0 Å². The number of amides is 2.